The molecule has 23 heavy (non-hydrogen) atoms. The molecule has 0 saturated carbocycles. The summed E-state index contributed by atoms with van der Waals surface area (Å²) in [7, 11) is 0. The van der Waals surface area contributed by atoms with Crippen LogP contribution in [0.15, 0.2) is 59.1 Å². The summed E-state index contributed by atoms with van der Waals surface area (Å²) in [4.78, 5) is 12.0. The van der Waals surface area contributed by atoms with Crippen molar-refractivity contribution in [3.8, 4) is 11.3 Å². The molecule has 4 nitrogen and oxygen atoms in total. The predicted octanol–water partition coefficient (Wildman–Crippen LogP) is 4.48. The Bertz CT molecular complexity index is 808. The lowest BCUT2D eigenvalue weighted by Gasteiger charge is -2.03. The van der Waals surface area contributed by atoms with E-state index >= 15 is 0 Å². The van der Waals surface area contributed by atoms with Crippen molar-refractivity contribution in [3.63, 3.8) is 0 Å². The van der Waals surface area contributed by atoms with Gasteiger partial charge in [0.25, 0.3) is 0 Å². The van der Waals surface area contributed by atoms with Gasteiger partial charge in [-0.15, -0.1) is 0 Å². The number of hydrogen-bond donors (Lipinski definition) is 1. The van der Waals surface area contributed by atoms with E-state index in [4.69, 9.17) is 16.1 Å². The molecule has 5 heteroatoms. The van der Waals surface area contributed by atoms with Crippen molar-refractivity contribution in [1.29, 1.82) is 0 Å². The highest BCUT2D eigenvalue weighted by molar-refractivity contribution is 6.30. The van der Waals surface area contributed by atoms with Gasteiger partial charge in [-0.05, 0) is 43.3 Å². The predicted molar refractivity (Wildman–Crippen MR) is 90.5 cm³/mol. The highest BCUT2D eigenvalue weighted by atomic mass is 35.5. The fourth-order valence-electron chi connectivity index (χ4n) is 2.15. The van der Waals surface area contributed by atoms with Crippen LogP contribution in [-0.2, 0) is 11.2 Å². The molecule has 0 radical (unpaired) electrons. The Labute approximate surface area is 139 Å². The molecule has 1 aromatic heterocycles. The molecule has 0 saturated heterocycles. The maximum Gasteiger partial charge on any atom is 0.230 e. The number of amides is 1. The fourth-order valence-corrected chi connectivity index (χ4v) is 2.28. The van der Waals surface area contributed by atoms with Crippen molar-refractivity contribution in [2.45, 2.75) is 13.3 Å². The maximum atomic E-state index is 12.0. The first-order chi connectivity index (χ1) is 11.1. The van der Waals surface area contributed by atoms with Gasteiger partial charge in [0.05, 0.1) is 12.1 Å². The van der Waals surface area contributed by atoms with Crippen molar-refractivity contribution in [1.82, 2.24) is 5.16 Å². The number of aryl methyl sites for hydroxylation is 1. The standard InChI is InChI=1S/C18H15ClN2O2/c1-12-2-8-15(9-3-12)20-18(22)11-16-10-17(23-21-16)13-4-6-14(19)7-5-13/h2-10H,11H2,1H3,(H,20,22). The number of nitrogens with one attached hydrogen (secondary N) is 1. The minimum absolute atomic E-state index is 0.134. The average molecular weight is 327 g/mol. The summed E-state index contributed by atoms with van der Waals surface area (Å²) in [6, 6.07) is 16.7. The van der Waals surface area contributed by atoms with E-state index in [0.29, 0.717) is 16.5 Å². The number of anilines is 1. The number of halogens is 1. The number of rotatable bonds is 4. The van der Waals surface area contributed by atoms with Crippen molar-refractivity contribution < 1.29 is 9.32 Å². The Morgan fingerprint density at radius 2 is 1.83 bits per heavy atom. The van der Waals surface area contributed by atoms with Gasteiger partial charge in [-0.3, -0.25) is 4.79 Å². The molecule has 1 N–H and O–H groups in total. The van der Waals surface area contributed by atoms with E-state index < -0.39 is 0 Å². The van der Waals surface area contributed by atoms with Gasteiger partial charge >= 0.3 is 0 Å². The highest BCUT2D eigenvalue weighted by Gasteiger charge is 2.11. The molecule has 0 aliphatic carbocycles. The molecule has 3 aromatic rings. The van der Waals surface area contributed by atoms with Crippen molar-refractivity contribution >= 4 is 23.2 Å². The molecule has 0 aliphatic heterocycles. The van der Waals surface area contributed by atoms with Gasteiger partial charge in [-0.1, -0.05) is 34.5 Å². The summed E-state index contributed by atoms with van der Waals surface area (Å²) in [5.74, 6) is 0.476. The van der Waals surface area contributed by atoms with Gasteiger partial charge in [0.2, 0.25) is 5.91 Å². The Hall–Kier alpha value is -2.59. The normalized spacial score (nSPS) is 10.5. The molecular formula is C18H15ClN2O2. The molecule has 0 bridgehead atoms. The number of hydrogen-bond acceptors (Lipinski definition) is 3. The maximum absolute atomic E-state index is 12.0. The van der Waals surface area contributed by atoms with E-state index in [1.807, 2.05) is 43.3 Å². The summed E-state index contributed by atoms with van der Waals surface area (Å²) >= 11 is 5.86. The summed E-state index contributed by atoms with van der Waals surface area (Å²) in [6.45, 7) is 2.00. The smallest absolute Gasteiger partial charge is 0.230 e. The fraction of sp³-hybridized carbons (Fsp3) is 0.111. The molecule has 0 fully saturated rings. The second-order valence-corrected chi connectivity index (χ2v) is 5.72. The number of nitrogens with zero attached hydrogens (tertiary/aromatic N) is 1. The molecule has 0 aliphatic rings. The molecule has 0 spiro atoms. The second-order valence-electron chi connectivity index (χ2n) is 5.28. The Morgan fingerprint density at radius 1 is 1.13 bits per heavy atom. The van der Waals surface area contributed by atoms with Crippen molar-refractivity contribution in [2.24, 2.45) is 0 Å². The van der Waals surface area contributed by atoms with Gasteiger partial charge in [-0.2, -0.15) is 0 Å². The van der Waals surface area contributed by atoms with Gasteiger partial charge in [0, 0.05) is 22.3 Å². The molecular weight excluding hydrogens is 312 g/mol. The van der Waals surface area contributed by atoms with Crippen LogP contribution in [0.25, 0.3) is 11.3 Å². The zero-order valence-corrected chi connectivity index (χ0v) is 13.3. The molecule has 0 unspecified atom stereocenters. The van der Waals surface area contributed by atoms with Crippen LogP contribution >= 0.6 is 11.6 Å². The largest absolute Gasteiger partial charge is 0.356 e. The lowest BCUT2D eigenvalue weighted by atomic mass is 10.1. The van der Waals surface area contributed by atoms with Crippen LogP contribution in [0.1, 0.15) is 11.3 Å². The Morgan fingerprint density at radius 3 is 2.52 bits per heavy atom. The Balaban J connectivity index is 1.65. The van der Waals surface area contributed by atoms with E-state index in [1.165, 1.54) is 0 Å². The van der Waals surface area contributed by atoms with Crippen LogP contribution in [0.3, 0.4) is 0 Å². The summed E-state index contributed by atoms with van der Waals surface area (Å²) in [5, 5.41) is 7.44. The minimum Gasteiger partial charge on any atom is -0.356 e. The molecule has 1 amide bonds. The zero-order chi connectivity index (χ0) is 16.2. The lowest BCUT2D eigenvalue weighted by Crippen LogP contribution is -2.14. The number of carbonyl (C=O) groups excluding carboxylic acids is 1. The van der Waals surface area contributed by atoms with Crippen LogP contribution in [0.5, 0.6) is 0 Å². The third kappa shape index (κ3) is 3.99. The first-order valence-electron chi connectivity index (χ1n) is 7.18. The van der Waals surface area contributed by atoms with E-state index in [-0.39, 0.29) is 12.3 Å². The van der Waals surface area contributed by atoms with Crippen LogP contribution in [0, 0.1) is 6.92 Å². The van der Waals surface area contributed by atoms with E-state index in [9.17, 15) is 4.79 Å². The van der Waals surface area contributed by atoms with Crippen molar-refractivity contribution in [2.75, 3.05) is 5.32 Å². The quantitative estimate of drug-likeness (QED) is 0.768. The third-order valence-corrected chi connectivity index (χ3v) is 3.62. The lowest BCUT2D eigenvalue weighted by molar-refractivity contribution is -0.115. The van der Waals surface area contributed by atoms with E-state index in [1.54, 1.807) is 18.2 Å². The number of aromatic nitrogens is 1. The van der Waals surface area contributed by atoms with Crippen LogP contribution in [-0.4, -0.2) is 11.1 Å². The summed E-state index contributed by atoms with van der Waals surface area (Å²) in [6.07, 6.45) is 0.158. The number of carbonyl (C=O) groups is 1. The van der Waals surface area contributed by atoms with Gasteiger partial charge in [-0.25, -0.2) is 0 Å². The highest BCUT2D eigenvalue weighted by Crippen LogP contribution is 2.22. The topological polar surface area (TPSA) is 55.1 Å². The summed E-state index contributed by atoms with van der Waals surface area (Å²) in [5.41, 5.74) is 3.36. The molecule has 116 valence electrons. The number of benzene rings is 2. The molecule has 3 rings (SSSR count). The van der Waals surface area contributed by atoms with Gasteiger partial charge in [0.1, 0.15) is 0 Å². The Kier molecular flexibility index (Phi) is 4.44. The second kappa shape index (κ2) is 6.67. The van der Waals surface area contributed by atoms with Gasteiger partial charge < -0.3 is 9.84 Å². The zero-order valence-electron chi connectivity index (χ0n) is 12.5. The third-order valence-electron chi connectivity index (χ3n) is 3.36. The average Bonchev–Trinajstić information content (AvgIpc) is 2.98. The van der Waals surface area contributed by atoms with Crippen LogP contribution in [0.2, 0.25) is 5.02 Å². The van der Waals surface area contributed by atoms with Gasteiger partial charge in [0.15, 0.2) is 5.76 Å². The van der Waals surface area contributed by atoms with Crippen LogP contribution < -0.4 is 5.32 Å². The van der Waals surface area contributed by atoms with E-state index in [2.05, 4.69) is 10.5 Å². The first kappa shape index (κ1) is 15.3. The minimum atomic E-state index is -0.134. The summed E-state index contributed by atoms with van der Waals surface area (Å²) < 4.78 is 5.28. The monoisotopic (exact) mass is 326 g/mol. The van der Waals surface area contributed by atoms with E-state index in [0.717, 1.165) is 16.8 Å². The van der Waals surface area contributed by atoms with Crippen LogP contribution in [0.4, 0.5) is 5.69 Å². The molecule has 1 heterocycles. The SMILES string of the molecule is Cc1ccc(NC(=O)Cc2cc(-c3ccc(Cl)cc3)on2)cc1. The molecule has 2 aromatic carbocycles. The first-order valence-corrected chi connectivity index (χ1v) is 7.56. The molecule has 0 atom stereocenters. The van der Waals surface area contributed by atoms with Crippen molar-refractivity contribution in [3.05, 3.63) is 70.9 Å².